The van der Waals surface area contributed by atoms with Crippen molar-refractivity contribution in [2.45, 2.75) is 26.3 Å². The van der Waals surface area contributed by atoms with Crippen molar-refractivity contribution in [3.05, 3.63) is 23.8 Å². The van der Waals surface area contributed by atoms with Crippen molar-refractivity contribution in [2.24, 2.45) is 0 Å². The lowest BCUT2D eigenvalue weighted by Crippen LogP contribution is -2.37. The first-order valence-corrected chi connectivity index (χ1v) is 6.35. The fourth-order valence-electron chi connectivity index (χ4n) is 1.63. The number of nitrogens with one attached hydrogen (secondary N) is 1. The molecule has 0 saturated heterocycles. The quantitative estimate of drug-likeness (QED) is 0.869. The van der Waals surface area contributed by atoms with Gasteiger partial charge >= 0.3 is 12.0 Å². The molecule has 6 heteroatoms. The summed E-state index contributed by atoms with van der Waals surface area (Å²) < 4.78 is 5.01. The van der Waals surface area contributed by atoms with Crippen molar-refractivity contribution in [1.82, 2.24) is 4.90 Å². The number of carboxylic acids is 1. The Hall–Kier alpha value is -2.24. The number of amides is 2. The van der Waals surface area contributed by atoms with Gasteiger partial charge in [-0.25, -0.2) is 9.59 Å². The molecule has 0 bridgehead atoms. The maximum absolute atomic E-state index is 12.0. The average Bonchev–Trinajstić information content (AvgIpc) is 2.44. The first kappa shape index (κ1) is 15.8. The second kappa shape index (κ2) is 6.79. The summed E-state index contributed by atoms with van der Waals surface area (Å²) in [6.45, 7) is 3.95. The zero-order chi connectivity index (χ0) is 15.3. The lowest BCUT2D eigenvalue weighted by Gasteiger charge is -2.24. The summed E-state index contributed by atoms with van der Waals surface area (Å²) in [6, 6.07) is 4.31. The largest absolute Gasteiger partial charge is 0.496 e. The zero-order valence-electron chi connectivity index (χ0n) is 12.1. The predicted octanol–water partition coefficient (Wildman–Crippen LogP) is 2.66. The van der Waals surface area contributed by atoms with Gasteiger partial charge in [-0.15, -0.1) is 0 Å². The highest BCUT2D eigenvalue weighted by Gasteiger charge is 2.16. The third kappa shape index (κ3) is 3.63. The molecule has 2 N–H and O–H groups in total. The lowest BCUT2D eigenvalue weighted by molar-refractivity contribution is 0.0693. The van der Waals surface area contributed by atoms with Gasteiger partial charge in [0, 0.05) is 24.8 Å². The highest BCUT2D eigenvalue weighted by Crippen LogP contribution is 2.23. The molecule has 0 fully saturated rings. The van der Waals surface area contributed by atoms with Crippen LogP contribution in [0.3, 0.4) is 0 Å². The molecule has 1 aromatic carbocycles. The van der Waals surface area contributed by atoms with E-state index in [0.29, 0.717) is 5.69 Å². The van der Waals surface area contributed by atoms with Crippen LogP contribution in [0.25, 0.3) is 0 Å². The maximum atomic E-state index is 12.0. The summed E-state index contributed by atoms with van der Waals surface area (Å²) in [4.78, 5) is 24.6. The molecule has 1 unspecified atom stereocenters. The minimum atomic E-state index is -1.07. The van der Waals surface area contributed by atoms with Gasteiger partial charge in [-0.1, -0.05) is 6.92 Å². The molecular weight excluding hydrogens is 260 g/mol. The summed E-state index contributed by atoms with van der Waals surface area (Å²) in [6.07, 6.45) is 0.852. The molecule has 110 valence electrons. The molecule has 0 heterocycles. The number of benzene rings is 1. The number of methoxy groups -OCH3 is 1. The van der Waals surface area contributed by atoms with Gasteiger partial charge in [0.25, 0.3) is 0 Å². The van der Waals surface area contributed by atoms with Gasteiger partial charge in [0.05, 0.1) is 7.11 Å². The van der Waals surface area contributed by atoms with Gasteiger partial charge < -0.3 is 20.1 Å². The Morgan fingerprint density at radius 3 is 2.60 bits per heavy atom. The van der Waals surface area contributed by atoms with Crippen LogP contribution in [-0.4, -0.2) is 42.2 Å². The molecule has 0 aliphatic rings. The van der Waals surface area contributed by atoms with Crippen molar-refractivity contribution in [1.29, 1.82) is 0 Å². The van der Waals surface area contributed by atoms with Crippen molar-refractivity contribution in [3.63, 3.8) is 0 Å². The number of carbonyl (C=O) groups is 2. The van der Waals surface area contributed by atoms with Gasteiger partial charge in [0.2, 0.25) is 0 Å². The molecule has 0 radical (unpaired) electrons. The molecule has 0 aliphatic carbocycles. The van der Waals surface area contributed by atoms with E-state index in [-0.39, 0.29) is 23.4 Å². The van der Waals surface area contributed by atoms with Crippen LogP contribution in [0.5, 0.6) is 5.75 Å². The molecule has 1 rings (SSSR count). The van der Waals surface area contributed by atoms with E-state index in [4.69, 9.17) is 9.84 Å². The molecule has 6 nitrogen and oxygen atoms in total. The van der Waals surface area contributed by atoms with Crippen LogP contribution in [0.4, 0.5) is 10.5 Å². The van der Waals surface area contributed by atoms with Gasteiger partial charge in [-0.05, 0) is 25.5 Å². The maximum Gasteiger partial charge on any atom is 0.339 e. The number of aromatic carboxylic acids is 1. The van der Waals surface area contributed by atoms with Crippen molar-refractivity contribution < 1.29 is 19.4 Å². The van der Waals surface area contributed by atoms with Crippen molar-refractivity contribution in [2.75, 3.05) is 19.5 Å². The number of anilines is 1. The van der Waals surface area contributed by atoms with Crippen LogP contribution in [0, 0.1) is 0 Å². The molecule has 1 atom stereocenters. The third-order valence-electron chi connectivity index (χ3n) is 3.26. The fourth-order valence-corrected chi connectivity index (χ4v) is 1.63. The summed E-state index contributed by atoms with van der Waals surface area (Å²) in [5.74, 6) is -0.863. The van der Waals surface area contributed by atoms with E-state index in [1.165, 1.54) is 25.3 Å². The highest BCUT2D eigenvalue weighted by molar-refractivity contribution is 5.94. The molecule has 0 spiro atoms. The number of hydrogen-bond acceptors (Lipinski definition) is 3. The molecule has 2 amide bonds. The SMILES string of the molecule is CCC(C)N(C)C(=O)Nc1ccc(C(=O)O)c(OC)c1. The van der Waals surface area contributed by atoms with Crippen molar-refractivity contribution >= 4 is 17.7 Å². The molecule has 1 aromatic rings. The summed E-state index contributed by atoms with van der Waals surface area (Å²) in [7, 11) is 3.10. The summed E-state index contributed by atoms with van der Waals surface area (Å²) >= 11 is 0. The van der Waals surface area contributed by atoms with Gasteiger partial charge in [-0.2, -0.15) is 0 Å². The van der Waals surface area contributed by atoms with Crippen LogP contribution in [0.2, 0.25) is 0 Å². The van der Waals surface area contributed by atoms with E-state index >= 15 is 0 Å². The van der Waals surface area contributed by atoms with Crippen LogP contribution in [0.1, 0.15) is 30.6 Å². The number of rotatable bonds is 5. The number of carboxylic acid groups (broad SMARTS) is 1. The molecular formula is C14H20N2O4. The topological polar surface area (TPSA) is 78.9 Å². The van der Waals surface area contributed by atoms with Crippen LogP contribution in [0.15, 0.2) is 18.2 Å². The van der Waals surface area contributed by atoms with E-state index in [0.717, 1.165) is 6.42 Å². The van der Waals surface area contributed by atoms with E-state index in [1.807, 2.05) is 13.8 Å². The minimum Gasteiger partial charge on any atom is -0.496 e. The van der Waals surface area contributed by atoms with E-state index < -0.39 is 5.97 Å². The average molecular weight is 280 g/mol. The lowest BCUT2D eigenvalue weighted by atomic mass is 10.2. The van der Waals surface area contributed by atoms with Gasteiger partial charge in [0.15, 0.2) is 0 Å². The first-order valence-electron chi connectivity index (χ1n) is 6.35. The Morgan fingerprint density at radius 2 is 2.10 bits per heavy atom. The van der Waals surface area contributed by atoms with Crippen LogP contribution < -0.4 is 10.1 Å². The second-order valence-corrected chi connectivity index (χ2v) is 4.52. The smallest absolute Gasteiger partial charge is 0.339 e. The predicted molar refractivity (Wildman–Crippen MR) is 76.5 cm³/mol. The van der Waals surface area contributed by atoms with E-state index in [2.05, 4.69) is 5.32 Å². The second-order valence-electron chi connectivity index (χ2n) is 4.52. The summed E-state index contributed by atoms with van der Waals surface area (Å²) in [5, 5.41) is 11.7. The Kier molecular flexibility index (Phi) is 5.37. The standard InChI is InChI=1S/C14H20N2O4/c1-5-9(2)16(3)14(19)15-10-6-7-11(13(17)18)12(8-10)20-4/h6-9H,5H2,1-4H3,(H,15,19)(H,17,18). The zero-order valence-corrected chi connectivity index (χ0v) is 12.1. The molecule has 0 aromatic heterocycles. The summed E-state index contributed by atoms with van der Waals surface area (Å²) in [5.41, 5.74) is 0.549. The number of urea groups is 1. The fraction of sp³-hybridized carbons (Fsp3) is 0.429. The molecule has 20 heavy (non-hydrogen) atoms. The Labute approximate surface area is 118 Å². The minimum absolute atomic E-state index is 0.0563. The number of hydrogen-bond donors (Lipinski definition) is 2. The number of ether oxygens (including phenoxy) is 1. The monoisotopic (exact) mass is 280 g/mol. The molecule has 0 aliphatic heterocycles. The van der Waals surface area contributed by atoms with Crippen LogP contribution in [-0.2, 0) is 0 Å². The third-order valence-corrected chi connectivity index (χ3v) is 3.26. The Bertz CT molecular complexity index is 502. The van der Waals surface area contributed by atoms with Crippen LogP contribution >= 0.6 is 0 Å². The van der Waals surface area contributed by atoms with E-state index in [1.54, 1.807) is 11.9 Å². The molecule has 0 saturated carbocycles. The first-order chi connectivity index (χ1) is 9.40. The van der Waals surface area contributed by atoms with Crippen molar-refractivity contribution in [3.8, 4) is 5.75 Å². The van der Waals surface area contributed by atoms with Gasteiger partial charge in [-0.3, -0.25) is 0 Å². The number of nitrogens with zero attached hydrogens (tertiary/aromatic N) is 1. The van der Waals surface area contributed by atoms with E-state index in [9.17, 15) is 9.59 Å². The Balaban J connectivity index is 2.88. The normalized spacial score (nSPS) is 11.6. The number of carbonyl (C=O) groups excluding carboxylic acids is 1. The highest BCUT2D eigenvalue weighted by atomic mass is 16.5. The van der Waals surface area contributed by atoms with Gasteiger partial charge in [0.1, 0.15) is 11.3 Å². The Morgan fingerprint density at radius 1 is 1.45 bits per heavy atom.